The Labute approximate surface area is 142 Å². The molecule has 1 aromatic carbocycles. The molecule has 1 aliphatic carbocycles. The standard InChI is InChI=1S/C19H24N4O/c1-13-16-8-4-5-9-17(16)19(22-21-13)20-11-14-10-18(24)23(12-14)15-6-2-3-7-15/h4-5,8-9,14-15H,2-3,6-7,10-12H2,1H3,(H,20,22). The van der Waals surface area contributed by atoms with Crippen molar-refractivity contribution in [2.75, 3.05) is 18.4 Å². The number of carbonyl (C=O) groups excluding carboxylic acids is 1. The lowest BCUT2D eigenvalue weighted by Crippen LogP contribution is -2.34. The number of aryl methyl sites for hydroxylation is 1. The molecule has 0 spiro atoms. The molecule has 2 aromatic rings. The SMILES string of the molecule is Cc1nnc(NCC2CC(=O)N(C3CCCC3)C2)c2ccccc12. The van der Waals surface area contributed by atoms with E-state index in [4.69, 9.17) is 0 Å². The number of likely N-dealkylation sites (tertiary alicyclic amines) is 1. The minimum absolute atomic E-state index is 0.327. The molecule has 1 N–H and O–H groups in total. The van der Waals surface area contributed by atoms with E-state index < -0.39 is 0 Å². The van der Waals surface area contributed by atoms with E-state index in [2.05, 4.69) is 32.5 Å². The van der Waals surface area contributed by atoms with Gasteiger partial charge in [0.1, 0.15) is 0 Å². The zero-order valence-corrected chi connectivity index (χ0v) is 14.2. The first-order valence-electron chi connectivity index (χ1n) is 8.98. The van der Waals surface area contributed by atoms with Crippen molar-refractivity contribution in [3.63, 3.8) is 0 Å². The van der Waals surface area contributed by atoms with E-state index in [0.717, 1.165) is 35.4 Å². The van der Waals surface area contributed by atoms with Crippen LogP contribution in [0.5, 0.6) is 0 Å². The largest absolute Gasteiger partial charge is 0.368 e. The van der Waals surface area contributed by atoms with Crippen molar-refractivity contribution >= 4 is 22.5 Å². The van der Waals surface area contributed by atoms with Crippen LogP contribution in [0.3, 0.4) is 0 Å². The van der Waals surface area contributed by atoms with Crippen LogP contribution in [0.15, 0.2) is 24.3 Å². The number of hydrogen-bond acceptors (Lipinski definition) is 4. The second-order valence-corrected chi connectivity index (χ2v) is 7.12. The van der Waals surface area contributed by atoms with Gasteiger partial charge in [-0.2, -0.15) is 5.10 Å². The number of nitrogens with one attached hydrogen (secondary N) is 1. The zero-order chi connectivity index (χ0) is 16.5. The quantitative estimate of drug-likeness (QED) is 0.938. The van der Waals surface area contributed by atoms with Gasteiger partial charge in [-0.15, -0.1) is 5.10 Å². The number of amides is 1. The molecule has 2 heterocycles. The Bertz CT molecular complexity index is 754. The minimum Gasteiger partial charge on any atom is -0.368 e. The fourth-order valence-electron chi connectivity index (χ4n) is 4.12. The fraction of sp³-hybridized carbons (Fsp3) is 0.526. The Morgan fingerprint density at radius 1 is 1.17 bits per heavy atom. The van der Waals surface area contributed by atoms with Gasteiger partial charge in [-0.25, -0.2) is 0 Å². The predicted molar refractivity (Wildman–Crippen MR) is 94.8 cm³/mol. The van der Waals surface area contributed by atoms with Crippen molar-refractivity contribution in [2.45, 2.75) is 45.1 Å². The number of carbonyl (C=O) groups is 1. The summed E-state index contributed by atoms with van der Waals surface area (Å²) in [5, 5.41) is 14.2. The third kappa shape index (κ3) is 2.83. The van der Waals surface area contributed by atoms with Crippen LogP contribution in [0.2, 0.25) is 0 Å². The molecule has 1 atom stereocenters. The van der Waals surface area contributed by atoms with Gasteiger partial charge in [0.25, 0.3) is 0 Å². The van der Waals surface area contributed by atoms with Crippen molar-refractivity contribution in [3.8, 4) is 0 Å². The molecule has 0 radical (unpaired) electrons. The van der Waals surface area contributed by atoms with E-state index >= 15 is 0 Å². The molecule has 2 fully saturated rings. The molecule has 24 heavy (non-hydrogen) atoms. The van der Waals surface area contributed by atoms with Crippen LogP contribution in [-0.4, -0.2) is 40.1 Å². The summed E-state index contributed by atoms with van der Waals surface area (Å²) in [6.45, 7) is 3.64. The summed E-state index contributed by atoms with van der Waals surface area (Å²) in [6.07, 6.45) is 5.55. The number of aromatic nitrogens is 2. The lowest BCUT2D eigenvalue weighted by molar-refractivity contribution is -0.129. The van der Waals surface area contributed by atoms with Crippen LogP contribution in [-0.2, 0) is 4.79 Å². The van der Waals surface area contributed by atoms with E-state index in [-0.39, 0.29) is 0 Å². The molecule has 0 bridgehead atoms. The average molecular weight is 324 g/mol. The minimum atomic E-state index is 0.327. The van der Waals surface area contributed by atoms with Gasteiger partial charge in [0, 0.05) is 42.2 Å². The highest BCUT2D eigenvalue weighted by molar-refractivity contribution is 5.92. The molecular weight excluding hydrogens is 300 g/mol. The van der Waals surface area contributed by atoms with Gasteiger partial charge in [-0.3, -0.25) is 4.79 Å². The molecule has 4 rings (SSSR count). The Morgan fingerprint density at radius 3 is 2.71 bits per heavy atom. The molecule has 5 heteroatoms. The predicted octanol–water partition coefficient (Wildman–Crippen LogP) is 3.14. The lowest BCUT2D eigenvalue weighted by atomic mass is 10.1. The molecule has 126 valence electrons. The van der Waals surface area contributed by atoms with Crippen LogP contribution < -0.4 is 5.32 Å². The van der Waals surface area contributed by atoms with Gasteiger partial charge in [0.05, 0.1) is 5.69 Å². The first kappa shape index (κ1) is 15.4. The first-order chi connectivity index (χ1) is 11.7. The van der Waals surface area contributed by atoms with E-state index in [1.54, 1.807) is 0 Å². The smallest absolute Gasteiger partial charge is 0.223 e. The Balaban J connectivity index is 1.44. The maximum atomic E-state index is 12.3. The summed E-state index contributed by atoms with van der Waals surface area (Å²) < 4.78 is 0. The van der Waals surface area contributed by atoms with Crippen LogP contribution in [0.4, 0.5) is 5.82 Å². The second-order valence-electron chi connectivity index (χ2n) is 7.12. The van der Waals surface area contributed by atoms with E-state index in [9.17, 15) is 4.79 Å². The Morgan fingerprint density at radius 2 is 1.92 bits per heavy atom. The summed E-state index contributed by atoms with van der Waals surface area (Å²) in [7, 11) is 0. The van der Waals surface area contributed by atoms with Gasteiger partial charge >= 0.3 is 0 Å². The number of benzene rings is 1. The number of hydrogen-bond donors (Lipinski definition) is 1. The lowest BCUT2D eigenvalue weighted by Gasteiger charge is -2.24. The van der Waals surface area contributed by atoms with Gasteiger partial charge in [0.15, 0.2) is 5.82 Å². The summed E-state index contributed by atoms with van der Waals surface area (Å²) in [4.78, 5) is 14.4. The maximum Gasteiger partial charge on any atom is 0.223 e. The molecule has 2 aliphatic rings. The van der Waals surface area contributed by atoms with Gasteiger partial charge in [-0.1, -0.05) is 37.1 Å². The van der Waals surface area contributed by atoms with Crippen molar-refractivity contribution in [3.05, 3.63) is 30.0 Å². The highest BCUT2D eigenvalue weighted by Gasteiger charge is 2.35. The number of nitrogens with zero attached hydrogens (tertiary/aromatic N) is 3. The summed E-state index contributed by atoms with van der Waals surface area (Å²) >= 11 is 0. The molecular formula is C19H24N4O. The van der Waals surface area contributed by atoms with E-state index in [0.29, 0.717) is 24.3 Å². The molecule has 1 aromatic heterocycles. The van der Waals surface area contributed by atoms with E-state index in [1.165, 1.54) is 25.7 Å². The number of rotatable bonds is 4. The monoisotopic (exact) mass is 324 g/mol. The maximum absolute atomic E-state index is 12.3. The third-order valence-corrected chi connectivity index (χ3v) is 5.43. The van der Waals surface area contributed by atoms with Gasteiger partial charge in [-0.05, 0) is 19.8 Å². The number of anilines is 1. The first-order valence-corrected chi connectivity index (χ1v) is 8.98. The van der Waals surface area contributed by atoms with Crippen LogP contribution in [0.25, 0.3) is 10.8 Å². The van der Waals surface area contributed by atoms with Crippen molar-refractivity contribution in [2.24, 2.45) is 5.92 Å². The van der Waals surface area contributed by atoms with Crippen molar-refractivity contribution in [1.29, 1.82) is 0 Å². The molecule has 1 saturated heterocycles. The average Bonchev–Trinajstić information content (AvgIpc) is 3.24. The van der Waals surface area contributed by atoms with E-state index in [1.807, 2.05) is 19.1 Å². The molecule has 1 saturated carbocycles. The Kier molecular flexibility index (Phi) is 4.08. The fourth-order valence-corrected chi connectivity index (χ4v) is 4.12. The van der Waals surface area contributed by atoms with Gasteiger partial charge < -0.3 is 10.2 Å². The van der Waals surface area contributed by atoms with Crippen molar-refractivity contribution in [1.82, 2.24) is 15.1 Å². The molecule has 1 unspecified atom stereocenters. The van der Waals surface area contributed by atoms with Crippen LogP contribution in [0, 0.1) is 12.8 Å². The normalized spacial score (nSPS) is 21.8. The highest BCUT2D eigenvalue weighted by Crippen LogP contribution is 2.30. The molecule has 1 aliphatic heterocycles. The molecule has 1 amide bonds. The summed E-state index contributed by atoms with van der Waals surface area (Å²) in [5.41, 5.74) is 0.944. The topological polar surface area (TPSA) is 58.1 Å². The van der Waals surface area contributed by atoms with Gasteiger partial charge in [0.2, 0.25) is 5.91 Å². The summed E-state index contributed by atoms with van der Waals surface area (Å²) in [5.74, 6) is 1.51. The zero-order valence-electron chi connectivity index (χ0n) is 14.2. The van der Waals surface area contributed by atoms with Crippen LogP contribution in [0.1, 0.15) is 37.8 Å². The van der Waals surface area contributed by atoms with Crippen molar-refractivity contribution < 1.29 is 4.79 Å². The third-order valence-electron chi connectivity index (χ3n) is 5.43. The summed E-state index contributed by atoms with van der Waals surface area (Å²) in [6, 6.07) is 8.68. The highest BCUT2D eigenvalue weighted by atomic mass is 16.2. The number of fused-ring (bicyclic) bond motifs is 1. The second kappa shape index (κ2) is 6.38. The Hall–Kier alpha value is -2.17. The molecule has 5 nitrogen and oxygen atoms in total. The van der Waals surface area contributed by atoms with Crippen LogP contribution >= 0.6 is 0 Å².